The number of para-hydroxylation sites is 2. The quantitative estimate of drug-likeness (QED) is 0.587. The zero-order valence-corrected chi connectivity index (χ0v) is 18.9. The van der Waals surface area contributed by atoms with Crippen LogP contribution in [0.15, 0.2) is 53.1 Å². The van der Waals surface area contributed by atoms with Crippen molar-refractivity contribution in [2.45, 2.75) is 32.1 Å². The number of amides is 2. The van der Waals surface area contributed by atoms with Crippen molar-refractivity contribution in [3.05, 3.63) is 54.4 Å². The van der Waals surface area contributed by atoms with E-state index in [0.717, 1.165) is 43.1 Å². The summed E-state index contributed by atoms with van der Waals surface area (Å²) < 4.78 is 11.1. The monoisotopic (exact) mass is 447 g/mol. The van der Waals surface area contributed by atoms with Gasteiger partial charge >= 0.3 is 6.03 Å². The second kappa shape index (κ2) is 9.52. The molecule has 0 bridgehead atoms. The summed E-state index contributed by atoms with van der Waals surface area (Å²) in [5.74, 6) is 2.54. The SMILES string of the molecule is CCOc1ccccc1NC(=O)N1CCN(c2ccc(-c3noc(C4CCC4)n3)cc2)CC1. The molecule has 1 N–H and O–H groups in total. The molecule has 1 saturated heterocycles. The van der Waals surface area contributed by atoms with Gasteiger partial charge in [-0.2, -0.15) is 4.98 Å². The zero-order valence-electron chi connectivity index (χ0n) is 18.9. The van der Waals surface area contributed by atoms with E-state index >= 15 is 0 Å². The molecule has 3 aromatic rings. The van der Waals surface area contributed by atoms with Gasteiger partial charge in [0.25, 0.3) is 0 Å². The maximum absolute atomic E-state index is 12.8. The van der Waals surface area contributed by atoms with Crippen molar-refractivity contribution in [1.82, 2.24) is 15.0 Å². The van der Waals surface area contributed by atoms with Crippen molar-refractivity contribution in [2.24, 2.45) is 0 Å². The van der Waals surface area contributed by atoms with E-state index in [1.54, 1.807) is 0 Å². The lowest BCUT2D eigenvalue weighted by Gasteiger charge is -2.36. The van der Waals surface area contributed by atoms with E-state index in [0.29, 0.717) is 42.9 Å². The molecule has 5 rings (SSSR count). The molecular formula is C25H29N5O3. The number of nitrogens with one attached hydrogen (secondary N) is 1. The highest BCUT2D eigenvalue weighted by Gasteiger charge is 2.26. The van der Waals surface area contributed by atoms with E-state index in [-0.39, 0.29) is 6.03 Å². The van der Waals surface area contributed by atoms with Gasteiger partial charge in [-0.15, -0.1) is 0 Å². The number of aromatic nitrogens is 2. The van der Waals surface area contributed by atoms with Gasteiger partial charge in [0.2, 0.25) is 11.7 Å². The lowest BCUT2D eigenvalue weighted by molar-refractivity contribution is 0.208. The fourth-order valence-corrected chi connectivity index (χ4v) is 4.21. The Morgan fingerprint density at radius 3 is 2.55 bits per heavy atom. The van der Waals surface area contributed by atoms with Gasteiger partial charge in [-0.05, 0) is 56.2 Å². The highest BCUT2D eigenvalue weighted by molar-refractivity contribution is 5.91. The second-order valence-corrected chi connectivity index (χ2v) is 8.46. The fraction of sp³-hybridized carbons (Fsp3) is 0.400. The predicted octanol–water partition coefficient (Wildman–Crippen LogP) is 4.76. The number of anilines is 2. The molecule has 1 aromatic heterocycles. The molecule has 0 radical (unpaired) electrons. The van der Waals surface area contributed by atoms with Gasteiger partial charge < -0.3 is 24.4 Å². The summed E-state index contributed by atoms with van der Waals surface area (Å²) in [7, 11) is 0. The van der Waals surface area contributed by atoms with Crippen LogP contribution in [-0.2, 0) is 0 Å². The summed E-state index contributed by atoms with van der Waals surface area (Å²) in [6.45, 7) is 5.33. The van der Waals surface area contributed by atoms with Gasteiger partial charge in [-0.3, -0.25) is 0 Å². The third kappa shape index (κ3) is 4.65. The Balaban J connectivity index is 1.16. The van der Waals surface area contributed by atoms with Crippen molar-refractivity contribution in [3.8, 4) is 17.1 Å². The van der Waals surface area contributed by atoms with Crippen molar-refractivity contribution >= 4 is 17.4 Å². The summed E-state index contributed by atoms with van der Waals surface area (Å²) in [5.41, 5.74) is 2.78. The van der Waals surface area contributed by atoms with Gasteiger partial charge in [0.05, 0.1) is 12.3 Å². The summed E-state index contributed by atoms with van der Waals surface area (Å²) in [6, 6.07) is 15.7. The lowest BCUT2D eigenvalue weighted by Crippen LogP contribution is -2.50. The van der Waals surface area contributed by atoms with Crippen LogP contribution in [0.5, 0.6) is 5.75 Å². The van der Waals surface area contributed by atoms with Crippen LogP contribution in [-0.4, -0.2) is 53.9 Å². The topological polar surface area (TPSA) is 83.7 Å². The van der Waals surface area contributed by atoms with Crippen molar-refractivity contribution in [1.29, 1.82) is 0 Å². The molecule has 2 aromatic carbocycles. The minimum absolute atomic E-state index is 0.100. The number of hydrogen-bond donors (Lipinski definition) is 1. The van der Waals surface area contributed by atoms with Crippen LogP contribution in [0, 0.1) is 0 Å². The smallest absolute Gasteiger partial charge is 0.322 e. The first-order valence-corrected chi connectivity index (χ1v) is 11.7. The van der Waals surface area contributed by atoms with Crippen molar-refractivity contribution < 1.29 is 14.1 Å². The Kier molecular flexibility index (Phi) is 6.15. The van der Waals surface area contributed by atoms with Gasteiger partial charge in [0.1, 0.15) is 5.75 Å². The molecule has 0 atom stereocenters. The van der Waals surface area contributed by atoms with Gasteiger partial charge in [-0.1, -0.05) is 23.7 Å². The Morgan fingerprint density at radius 1 is 1.09 bits per heavy atom. The average Bonchev–Trinajstić information content (AvgIpc) is 3.29. The molecule has 2 aliphatic rings. The normalized spacial score (nSPS) is 16.4. The molecule has 0 unspecified atom stereocenters. The molecule has 33 heavy (non-hydrogen) atoms. The van der Waals surface area contributed by atoms with Crippen LogP contribution < -0.4 is 15.0 Å². The Hall–Kier alpha value is -3.55. The fourth-order valence-electron chi connectivity index (χ4n) is 4.21. The van der Waals surface area contributed by atoms with Crippen molar-refractivity contribution in [2.75, 3.05) is 43.0 Å². The molecule has 2 fully saturated rings. The number of hydrogen-bond acceptors (Lipinski definition) is 6. The van der Waals surface area contributed by atoms with Crippen molar-refractivity contribution in [3.63, 3.8) is 0 Å². The highest BCUT2D eigenvalue weighted by Crippen LogP contribution is 2.36. The zero-order chi connectivity index (χ0) is 22.6. The molecule has 172 valence electrons. The summed E-state index contributed by atoms with van der Waals surface area (Å²) in [5, 5.41) is 7.14. The van der Waals surface area contributed by atoms with E-state index in [9.17, 15) is 4.79 Å². The Labute approximate surface area is 193 Å². The van der Waals surface area contributed by atoms with Crippen LogP contribution in [0.3, 0.4) is 0 Å². The maximum Gasteiger partial charge on any atom is 0.322 e. The second-order valence-electron chi connectivity index (χ2n) is 8.46. The molecule has 1 saturated carbocycles. The molecular weight excluding hydrogens is 418 g/mol. The van der Waals surface area contributed by atoms with Crippen LogP contribution in [0.2, 0.25) is 0 Å². The van der Waals surface area contributed by atoms with Gasteiger partial charge in [-0.25, -0.2) is 4.79 Å². The molecule has 8 nitrogen and oxygen atoms in total. The van der Waals surface area contributed by atoms with Gasteiger partial charge in [0, 0.05) is 43.3 Å². The largest absolute Gasteiger partial charge is 0.492 e. The lowest BCUT2D eigenvalue weighted by atomic mass is 9.85. The number of urea groups is 1. The number of rotatable bonds is 6. The number of benzene rings is 2. The van der Waals surface area contributed by atoms with Crippen LogP contribution in [0.1, 0.15) is 38.0 Å². The van der Waals surface area contributed by atoms with Gasteiger partial charge in [0.15, 0.2) is 0 Å². The Morgan fingerprint density at radius 2 is 1.85 bits per heavy atom. The van der Waals surface area contributed by atoms with E-state index in [2.05, 4.69) is 32.5 Å². The van der Waals surface area contributed by atoms with E-state index in [1.807, 2.05) is 48.2 Å². The minimum atomic E-state index is -0.100. The first kappa shape index (κ1) is 21.3. The number of carbonyl (C=O) groups is 1. The maximum atomic E-state index is 12.8. The molecule has 2 heterocycles. The standard InChI is InChI=1S/C25H29N5O3/c1-2-32-22-9-4-3-8-21(22)26-25(31)30-16-14-29(15-17-30)20-12-10-18(11-13-20)23-27-24(33-28-23)19-6-5-7-19/h3-4,8-13,19H,2,5-7,14-17H2,1H3,(H,26,31). The molecule has 1 aliphatic carbocycles. The first-order valence-electron chi connectivity index (χ1n) is 11.7. The van der Waals surface area contributed by atoms with E-state index < -0.39 is 0 Å². The predicted molar refractivity (Wildman–Crippen MR) is 127 cm³/mol. The Bertz CT molecular complexity index is 1090. The number of nitrogens with zero attached hydrogens (tertiary/aromatic N) is 4. The number of carbonyl (C=O) groups excluding carboxylic acids is 1. The highest BCUT2D eigenvalue weighted by atomic mass is 16.5. The first-order chi connectivity index (χ1) is 16.2. The van der Waals surface area contributed by atoms with Crippen LogP contribution >= 0.6 is 0 Å². The third-order valence-electron chi connectivity index (χ3n) is 6.38. The molecule has 0 spiro atoms. The summed E-state index contributed by atoms with van der Waals surface area (Å²) >= 11 is 0. The number of ether oxygens (including phenoxy) is 1. The van der Waals surface area contributed by atoms with E-state index in [1.165, 1.54) is 6.42 Å². The average molecular weight is 448 g/mol. The third-order valence-corrected chi connectivity index (χ3v) is 6.38. The van der Waals surface area contributed by atoms with E-state index in [4.69, 9.17) is 9.26 Å². The summed E-state index contributed by atoms with van der Waals surface area (Å²) in [6.07, 6.45) is 3.53. The summed E-state index contributed by atoms with van der Waals surface area (Å²) in [4.78, 5) is 21.5. The molecule has 1 aliphatic heterocycles. The molecule has 2 amide bonds. The minimum Gasteiger partial charge on any atom is -0.492 e. The molecule has 8 heteroatoms. The number of piperazine rings is 1. The van der Waals surface area contributed by atoms with Crippen LogP contribution in [0.25, 0.3) is 11.4 Å². The van der Waals surface area contributed by atoms with Crippen LogP contribution in [0.4, 0.5) is 16.2 Å².